The Morgan fingerprint density at radius 1 is 1.28 bits per heavy atom. The molecule has 1 atom stereocenters. The number of carboxylic acid groups (broad SMARTS) is 1. The predicted molar refractivity (Wildman–Crippen MR) is 97.7 cm³/mol. The summed E-state index contributed by atoms with van der Waals surface area (Å²) < 4.78 is 43.1. The highest BCUT2D eigenvalue weighted by atomic mass is 19.4. The largest absolute Gasteiger partial charge is 0.490 e. The quantitative estimate of drug-likeness (QED) is 0.792. The Hall–Kier alpha value is -2.07. The molecule has 7 nitrogen and oxygen atoms in total. The number of alkyl halides is 3. The molecule has 1 unspecified atom stereocenters. The molecule has 2 aliphatic heterocycles. The van der Waals surface area contributed by atoms with Crippen molar-refractivity contribution < 1.29 is 37.0 Å². The molecule has 0 aliphatic carbocycles. The Labute approximate surface area is 167 Å². The minimum absolute atomic E-state index is 0.0323. The summed E-state index contributed by atoms with van der Waals surface area (Å²) in [6, 6.07) is 2.36. The van der Waals surface area contributed by atoms with E-state index in [0.717, 1.165) is 45.4 Å². The Bertz CT molecular complexity index is 709. The third-order valence-corrected chi connectivity index (χ3v) is 5.49. The fourth-order valence-electron chi connectivity index (χ4n) is 3.69. The van der Waals surface area contributed by atoms with Crippen molar-refractivity contribution in [1.82, 2.24) is 9.80 Å². The van der Waals surface area contributed by atoms with Gasteiger partial charge in [-0.2, -0.15) is 13.2 Å². The van der Waals surface area contributed by atoms with Gasteiger partial charge in [-0.25, -0.2) is 4.79 Å². The van der Waals surface area contributed by atoms with Gasteiger partial charge in [0.1, 0.15) is 5.76 Å². The van der Waals surface area contributed by atoms with Gasteiger partial charge in [0.25, 0.3) is 5.91 Å². The fraction of sp³-hybridized carbons (Fsp3) is 0.684. The van der Waals surface area contributed by atoms with Gasteiger partial charge in [-0.05, 0) is 52.8 Å². The summed E-state index contributed by atoms with van der Waals surface area (Å²) in [5, 5.41) is 7.12. The average molecular weight is 420 g/mol. The number of aliphatic carboxylic acids is 1. The van der Waals surface area contributed by atoms with E-state index in [1.807, 2.05) is 11.8 Å². The first-order chi connectivity index (χ1) is 13.4. The van der Waals surface area contributed by atoms with Crippen molar-refractivity contribution >= 4 is 11.9 Å². The number of amides is 1. The second-order valence-corrected chi connectivity index (χ2v) is 7.63. The van der Waals surface area contributed by atoms with Crippen LogP contribution in [0.25, 0.3) is 0 Å². The zero-order valence-electron chi connectivity index (χ0n) is 16.8. The average Bonchev–Trinajstić information content (AvgIpc) is 3.07. The van der Waals surface area contributed by atoms with Gasteiger partial charge in [0.05, 0.1) is 17.4 Å². The number of hydrogen-bond donors (Lipinski definition) is 1. The summed E-state index contributed by atoms with van der Waals surface area (Å²) in [5.41, 5.74) is 0.654. The van der Waals surface area contributed by atoms with Gasteiger partial charge >= 0.3 is 12.1 Å². The van der Waals surface area contributed by atoms with Gasteiger partial charge < -0.3 is 24.1 Å². The number of carboxylic acids is 1. The summed E-state index contributed by atoms with van der Waals surface area (Å²) in [4.78, 5) is 25.7. The highest BCUT2D eigenvalue weighted by Crippen LogP contribution is 2.36. The van der Waals surface area contributed by atoms with E-state index < -0.39 is 12.1 Å². The molecule has 1 spiro atoms. The van der Waals surface area contributed by atoms with E-state index in [1.165, 1.54) is 0 Å². The van der Waals surface area contributed by atoms with Gasteiger partial charge in [-0.15, -0.1) is 0 Å². The van der Waals surface area contributed by atoms with E-state index in [-0.39, 0.29) is 11.5 Å². The number of hydrogen-bond acceptors (Lipinski definition) is 5. The number of aryl methyl sites for hydroxylation is 1. The van der Waals surface area contributed by atoms with Crippen molar-refractivity contribution in [3.63, 3.8) is 0 Å². The summed E-state index contributed by atoms with van der Waals surface area (Å²) in [6.45, 7) is 4.20. The van der Waals surface area contributed by atoms with Crippen LogP contribution in [0.4, 0.5) is 13.2 Å². The minimum Gasteiger partial charge on any atom is -0.475 e. The van der Waals surface area contributed by atoms with Crippen LogP contribution in [0, 0.1) is 6.92 Å². The van der Waals surface area contributed by atoms with E-state index in [0.29, 0.717) is 17.4 Å². The van der Waals surface area contributed by atoms with Crippen molar-refractivity contribution in [2.45, 2.75) is 50.4 Å². The Kier molecular flexibility index (Phi) is 7.34. The lowest BCUT2D eigenvalue weighted by molar-refractivity contribution is -0.192. The first-order valence-electron chi connectivity index (χ1n) is 9.39. The van der Waals surface area contributed by atoms with E-state index in [4.69, 9.17) is 19.1 Å². The molecule has 1 amide bonds. The minimum atomic E-state index is -5.08. The maximum Gasteiger partial charge on any atom is 0.490 e. The SMILES string of the molecule is Cc1occc1C(=O)N1CCC2(CC1)CC(N(C)C)CCO2.O=C(O)C(F)(F)F. The lowest BCUT2D eigenvalue weighted by atomic mass is 9.82. The molecule has 1 aromatic heterocycles. The van der Waals surface area contributed by atoms with Crippen LogP contribution >= 0.6 is 0 Å². The van der Waals surface area contributed by atoms with Crippen LogP contribution in [0.5, 0.6) is 0 Å². The Morgan fingerprint density at radius 2 is 1.86 bits per heavy atom. The van der Waals surface area contributed by atoms with Gasteiger partial charge in [0, 0.05) is 25.7 Å². The molecule has 3 heterocycles. The van der Waals surface area contributed by atoms with Crippen LogP contribution in [0.1, 0.15) is 41.8 Å². The second-order valence-electron chi connectivity index (χ2n) is 7.63. The van der Waals surface area contributed by atoms with Crippen molar-refractivity contribution in [1.29, 1.82) is 0 Å². The number of carbonyl (C=O) groups is 2. The summed E-state index contributed by atoms with van der Waals surface area (Å²) in [6.07, 6.45) is 0.540. The third-order valence-electron chi connectivity index (χ3n) is 5.49. The Balaban J connectivity index is 0.000000370. The van der Waals surface area contributed by atoms with Crippen LogP contribution < -0.4 is 0 Å². The van der Waals surface area contributed by atoms with Crippen molar-refractivity contribution in [2.24, 2.45) is 0 Å². The molecule has 0 bridgehead atoms. The fourth-order valence-corrected chi connectivity index (χ4v) is 3.69. The molecule has 1 aromatic rings. The standard InChI is InChI=1S/C17H26N2O3.C2HF3O2/c1-13-15(5-10-21-13)16(20)19-8-6-17(7-9-19)12-14(18(2)3)4-11-22-17;3-2(4,5)1(6)7/h5,10,14H,4,6-9,11-12H2,1-3H3;(H,6,7). The van der Waals surface area contributed by atoms with Gasteiger partial charge in [0.2, 0.25) is 0 Å². The molecular formula is C19H27F3N2O5. The second kappa shape index (κ2) is 9.17. The van der Waals surface area contributed by atoms with Crippen molar-refractivity contribution in [3.8, 4) is 0 Å². The maximum atomic E-state index is 12.5. The lowest BCUT2D eigenvalue weighted by Gasteiger charge is -2.47. The van der Waals surface area contributed by atoms with Gasteiger partial charge in [-0.1, -0.05) is 0 Å². The number of carbonyl (C=O) groups excluding carboxylic acids is 1. The molecule has 0 aromatic carbocycles. The van der Waals surface area contributed by atoms with E-state index in [2.05, 4.69) is 19.0 Å². The number of nitrogens with zero attached hydrogens (tertiary/aromatic N) is 2. The molecule has 0 saturated carbocycles. The van der Waals surface area contributed by atoms with Crippen LogP contribution in [0.15, 0.2) is 16.7 Å². The number of furan rings is 1. The smallest absolute Gasteiger partial charge is 0.475 e. The van der Waals surface area contributed by atoms with E-state index >= 15 is 0 Å². The molecule has 3 rings (SSSR count). The highest BCUT2D eigenvalue weighted by Gasteiger charge is 2.42. The molecule has 1 N–H and O–H groups in total. The number of rotatable bonds is 2. The Morgan fingerprint density at radius 3 is 2.31 bits per heavy atom. The molecular weight excluding hydrogens is 393 g/mol. The summed E-state index contributed by atoms with van der Waals surface area (Å²) in [7, 11) is 4.29. The first-order valence-corrected chi connectivity index (χ1v) is 9.39. The molecule has 2 fully saturated rings. The lowest BCUT2D eigenvalue weighted by Crippen LogP contribution is -2.53. The zero-order valence-corrected chi connectivity index (χ0v) is 16.8. The topological polar surface area (TPSA) is 83.2 Å². The molecule has 2 saturated heterocycles. The number of likely N-dealkylation sites (tertiary alicyclic amines) is 1. The highest BCUT2D eigenvalue weighted by molar-refractivity contribution is 5.95. The number of halogens is 3. The monoisotopic (exact) mass is 420 g/mol. The van der Waals surface area contributed by atoms with Gasteiger partial charge in [-0.3, -0.25) is 4.79 Å². The van der Waals surface area contributed by atoms with E-state index in [1.54, 1.807) is 12.3 Å². The number of piperidine rings is 1. The predicted octanol–water partition coefficient (Wildman–Crippen LogP) is 2.94. The molecule has 29 heavy (non-hydrogen) atoms. The maximum absolute atomic E-state index is 12.5. The first kappa shape index (κ1) is 23.2. The van der Waals surface area contributed by atoms with E-state index in [9.17, 15) is 18.0 Å². The third kappa shape index (κ3) is 5.96. The van der Waals surface area contributed by atoms with Crippen molar-refractivity contribution in [3.05, 3.63) is 23.7 Å². The van der Waals surface area contributed by atoms with Crippen molar-refractivity contribution in [2.75, 3.05) is 33.8 Å². The van der Waals surface area contributed by atoms with Crippen LogP contribution in [0.2, 0.25) is 0 Å². The summed E-state index contributed by atoms with van der Waals surface area (Å²) >= 11 is 0. The van der Waals surface area contributed by atoms with Crippen LogP contribution in [-0.4, -0.2) is 78.4 Å². The summed E-state index contributed by atoms with van der Waals surface area (Å²) in [5.74, 6) is -1.97. The zero-order chi connectivity index (χ0) is 21.8. The van der Waals surface area contributed by atoms with Crippen LogP contribution in [0.3, 0.4) is 0 Å². The van der Waals surface area contributed by atoms with Crippen LogP contribution in [-0.2, 0) is 9.53 Å². The molecule has 10 heteroatoms. The number of ether oxygens (including phenoxy) is 1. The molecule has 2 aliphatic rings. The van der Waals surface area contributed by atoms with Gasteiger partial charge in [0.15, 0.2) is 0 Å². The molecule has 0 radical (unpaired) electrons. The normalized spacial score (nSPS) is 21.6. The molecule has 164 valence electrons.